The number of hydrogen-bond acceptors (Lipinski definition) is 8. The number of amides is 2. The summed E-state index contributed by atoms with van der Waals surface area (Å²) in [6.45, 7) is 4.05. The predicted octanol–water partition coefficient (Wildman–Crippen LogP) is 4.14. The van der Waals surface area contributed by atoms with Crippen LogP contribution in [0.2, 0.25) is 5.02 Å². The van der Waals surface area contributed by atoms with E-state index in [0.29, 0.717) is 80.0 Å². The Labute approximate surface area is 224 Å². The summed E-state index contributed by atoms with van der Waals surface area (Å²) in [5, 5.41) is 6.77. The van der Waals surface area contributed by atoms with E-state index in [4.69, 9.17) is 30.5 Å². The molecule has 0 atom stereocenters. The van der Waals surface area contributed by atoms with Gasteiger partial charge in [0.1, 0.15) is 30.7 Å². The normalized spacial score (nSPS) is 16.3. The first kappa shape index (κ1) is 26.2. The molecule has 5 rings (SSSR count). The van der Waals surface area contributed by atoms with E-state index in [1.165, 1.54) is 18.5 Å². The first-order valence-electron chi connectivity index (χ1n) is 12.6. The third-order valence-corrected chi connectivity index (χ3v) is 6.57. The van der Waals surface area contributed by atoms with Gasteiger partial charge in [0.05, 0.1) is 43.5 Å². The molecule has 0 bridgehead atoms. The van der Waals surface area contributed by atoms with Gasteiger partial charge in [0, 0.05) is 43.1 Å². The van der Waals surface area contributed by atoms with Gasteiger partial charge in [0.25, 0.3) is 0 Å². The van der Waals surface area contributed by atoms with Gasteiger partial charge in [-0.2, -0.15) is 0 Å². The molecule has 38 heavy (non-hydrogen) atoms. The number of hydrogen-bond donors (Lipinski definition) is 2. The average molecular weight is 546 g/mol. The SMILES string of the molecule is O=C(NCCOc1cc2ncnc(Nc3ccc(F)c(Cl)c3)c2cc1OC1CCOCC1)N1CCOCC1. The van der Waals surface area contributed by atoms with Crippen LogP contribution >= 0.6 is 11.6 Å². The summed E-state index contributed by atoms with van der Waals surface area (Å²) in [6.07, 6.45) is 2.93. The highest BCUT2D eigenvalue weighted by Crippen LogP contribution is 2.36. The molecule has 10 nitrogen and oxygen atoms in total. The number of carbonyl (C=O) groups excluding carboxylic acids is 1. The van der Waals surface area contributed by atoms with Gasteiger partial charge in [0.15, 0.2) is 11.5 Å². The molecule has 0 saturated carbocycles. The van der Waals surface area contributed by atoms with Crippen molar-refractivity contribution in [2.24, 2.45) is 0 Å². The second-order valence-corrected chi connectivity index (χ2v) is 9.31. The summed E-state index contributed by atoms with van der Waals surface area (Å²) in [4.78, 5) is 22.9. The van der Waals surface area contributed by atoms with Crippen LogP contribution in [-0.2, 0) is 9.47 Å². The van der Waals surface area contributed by atoms with Gasteiger partial charge in [-0.1, -0.05) is 11.6 Å². The van der Waals surface area contributed by atoms with Gasteiger partial charge in [0.2, 0.25) is 0 Å². The van der Waals surface area contributed by atoms with Crippen molar-refractivity contribution in [2.75, 3.05) is 58.0 Å². The van der Waals surface area contributed by atoms with Gasteiger partial charge in [-0.3, -0.25) is 0 Å². The van der Waals surface area contributed by atoms with Crippen LogP contribution in [0.15, 0.2) is 36.7 Å². The number of nitrogens with one attached hydrogen (secondary N) is 2. The Morgan fingerprint density at radius 2 is 1.87 bits per heavy atom. The number of ether oxygens (including phenoxy) is 4. The fraction of sp³-hybridized carbons (Fsp3) is 0.423. The minimum absolute atomic E-state index is 0.00768. The van der Waals surface area contributed by atoms with E-state index in [2.05, 4.69) is 20.6 Å². The fourth-order valence-electron chi connectivity index (χ4n) is 4.25. The van der Waals surface area contributed by atoms with Crippen LogP contribution in [0.5, 0.6) is 11.5 Å². The maximum Gasteiger partial charge on any atom is 0.317 e. The smallest absolute Gasteiger partial charge is 0.317 e. The molecule has 2 aliphatic rings. The number of nitrogens with zero attached hydrogens (tertiary/aromatic N) is 3. The van der Waals surface area contributed by atoms with Crippen LogP contribution in [-0.4, -0.2) is 79.7 Å². The number of aromatic nitrogens is 2. The lowest BCUT2D eigenvalue weighted by Gasteiger charge is -2.27. The first-order valence-corrected chi connectivity index (χ1v) is 12.9. The van der Waals surface area contributed by atoms with Gasteiger partial charge in [-0.05, 0) is 24.3 Å². The maximum atomic E-state index is 13.6. The van der Waals surface area contributed by atoms with E-state index in [0.717, 1.165) is 12.8 Å². The molecular formula is C26H29ClFN5O5. The molecule has 2 aromatic carbocycles. The van der Waals surface area contributed by atoms with Crippen molar-refractivity contribution >= 4 is 40.0 Å². The van der Waals surface area contributed by atoms with Gasteiger partial charge < -0.3 is 34.5 Å². The zero-order valence-corrected chi connectivity index (χ0v) is 21.5. The van der Waals surface area contributed by atoms with Crippen molar-refractivity contribution in [2.45, 2.75) is 18.9 Å². The highest BCUT2D eigenvalue weighted by atomic mass is 35.5. The molecular weight excluding hydrogens is 517 g/mol. The fourth-order valence-corrected chi connectivity index (χ4v) is 4.43. The summed E-state index contributed by atoms with van der Waals surface area (Å²) in [6, 6.07) is 7.85. The van der Waals surface area contributed by atoms with E-state index in [-0.39, 0.29) is 23.8 Å². The molecule has 2 amide bonds. The third kappa shape index (κ3) is 6.53. The Kier molecular flexibility index (Phi) is 8.57. The number of rotatable bonds is 8. The zero-order valence-electron chi connectivity index (χ0n) is 20.8. The van der Waals surface area contributed by atoms with Crippen LogP contribution in [0.4, 0.5) is 20.7 Å². The Hall–Kier alpha value is -3.41. The minimum Gasteiger partial charge on any atom is -0.488 e. The summed E-state index contributed by atoms with van der Waals surface area (Å²) < 4.78 is 36.8. The van der Waals surface area contributed by atoms with E-state index in [9.17, 15) is 9.18 Å². The molecule has 0 spiro atoms. The number of benzene rings is 2. The second kappa shape index (κ2) is 12.4. The number of fused-ring (bicyclic) bond motifs is 1. The van der Waals surface area contributed by atoms with Crippen molar-refractivity contribution in [1.82, 2.24) is 20.2 Å². The van der Waals surface area contributed by atoms with Gasteiger partial charge >= 0.3 is 6.03 Å². The number of urea groups is 1. The van der Waals surface area contributed by atoms with Crippen molar-refractivity contribution in [3.05, 3.63) is 47.5 Å². The topological polar surface area (TPSA) is 107 Å². The largest absolute Gasteiger partial charge is 0.488 e. The van der Waals surface area contributed by atoms with Crippen LogP contribution < -0.4 is 20.1 Å². The van der Waals surface area contributed by atoms with E-state index in [1.54, 1.807) is 17.0 Å². The van der Waals surface area contributed by atoms with Crippen molar-refractivity contribution < 1.29 is 28.1 Å². The molecule has 2 saturated heterocycles. The monoisotopic (exact) mass is 545 g/mol. The average Bonchev–Trinajstić information content (AvgIpc) is 2.94. The Morgan fingerprint density at radius 1 is 1.08 bits per heavy atom. The van der Waals surface area contributed by atoms with Crippen LogP contribution in [0.3, 0.4) is 0 Å². The molecule has 0 unspecified atom stereocenters. The van der Waals surface area contributed by atoms with Crippen LogP contribution in [0, 0.1) is 5.82 Å². The number of anilines is 2. The molecule has 2 fully saturated rings. The van der Waals surface area contributed by atoms with Gasteiger partial charge in [-0.15, -0.1) is 0 Å². The molecule has 3 heterocycles. The lowest BCUT2D eigenvalue weighted by Crippen LogP contribution is -2.47. The molecule has 3 aromatic rings. The molecule has 0 aliphatic carbocycles. The first-order chi connectivity index (χ1) is 18.6. The Bertz CT molecular complexity index is 1270. The predicted molar refractivity (Wildman–Crippen MR) is 140 cm³/mol. The lowest BCUT2D eigenvalue weighted by atomic mass is 10.1. The third-order valence-electron chi connectivity index (χ3n) is 6.28. The molecule has 202 valence electrons. The van der Waals surface area contributed by atoms with Gasteiger partial charge in [-0.25, -0.2) is 19.2 Å². The standard InChI is InChI=1S/C26H29ClFN5O5/c27-20-13-17(1-2-21(20)28)32-25-19-14-24(38-18-3-8-35-9-4-18)23(15-22(19)30-16-31-25)37-10-5-29-26(34)33-6-11-36-12-7-33/h1-2,13-16,18H,3-12H2,(H,29,34)(H,30,31,32). The maximum absolute atomic E-state index is 13.6. The van der Waals surface area contributed by atoms with Crippen LogP contribution in [0.25, 0.3) is 10.9 Å². The summed E-state index contributed by atoms with van der Waals surface area (Å²) in [5.74, 6) is 1.07. The second-order valence-electron chi connectivity index (χ2n) is 8.90. The zero-order chi connectivity index (χ0) is 26.3. The van der Waals surface area contributed by atoms with E-state index < -0.39 is 5.82 Å². The number of carbonyl (C=O) groups is 1. The Morgan fingerprint density at radius 3 is 2.66 bits per heavy atom. The minimum atomic E-state index is -0.500. The number of morpholine rings is 1. The van der Waals surface area contributed by atoms with E-state index >= 15 is 0 Å². The quantitative estimate of drug-likeness (QED) is 0.407. The summed E-state index contributed by atoms with van der Waals surface area (Å²) >= 11 is 5.95. The number of halogens is 2. The molecule has 1 aromatic heterocycles. The van der Waals surface area contributed by atoms with Crippen molar-refractivity contribution in [3.8, 4) is 11.5 Å². The summed E-state index contributed by atoms with van der Waals surface area (Å²) in [7, 11) is 0. The molecule has 12 heteroatoms. The van der Waals surface area contributed by atoms with Crippen molar-refractivity contribution in [3.63, 3.8) is 0 Å². The molecule has 2 aliphatic heterocycles. The van der Waals surface area contributed by atoms with Crippen LogP contribution in [0.1, 0.15) is 12.8 Å². The summed E-state index contributed by atoms with van der Waals surface area (Å²) in [5.41, 5.74) is 1.21. The molecule has 0 radical (unpaired) electrons. The van der Waals surface area contributed by atoms with Crippen molar-refractivity contribution in [1.29, 1.82) is 0 Å². The highest BCUT2D eigenvalue weighted by Gasteiger charge is 2.20. The Balaban J connectivity index is 1.34. The lowest BCUT2D eigenvalue weighted by molar-refractivity contribution is 0.0243. The molecule has 2 N–H and O–H groups in total. The van der Waals surface area contributed by atoms with E-state index in [1.807, 2.05) is 6.07 Å². The highest BCUT2D eigenvalue weighted by molar-refractivity contribution is 6.31.